The SMILES string of the molecule is CC1(C)c2ccccc2-c2c1ccc1c2-c2ccccc2CC1CC/C1=N/C(c2ccc3oc4ccccc4c3c2)=N\C(c2ccccc2)=C/CC1. The molecule has 0 bridgehead atoms. The molecule has 1 atom stereocenters. The van der Waals surface area contributed by atoms with Gasteiger partial charge in [0.25, 0.3) is 0 Å². The number of amidine groups is 1. The Morgan fingerprint density at radius 3 is 2.33 bits per heavy atom. The smallest absolute Gasteiger partial charge is 0.159 e. The summed E-state index contributed by atoms with van der Waals surface area (Å²) >= 11 is 0. The molecular weight excluding hydrogens is 633 g/mol. The van der Waals surface area contributed by atoms with Crippen molar-refractivity contribution in [2.24, 2.45) is 9.98 Å². The highest BCUT2D eigenvalue weighted by atomic mass is 16.3. The molecule has 252 valence electrons. The molecule has 3 nitrogen and oxygen atoms in total. The molecule has 7 aromatic rings. The van der Waals surface area contributed by atoms with E-state index in [0.717, 1.165) is 76.7 Å². The predicted molar refractivity (Wildman–Crippen MR) is 216 cm³/mol. The highest BCUT2D eigenvalue weighted by molar-refractivity contribution is 6.13. The number of hydrogen-bond donors (Lipinski definition) is 0. The molecule has 0 amide bonds. The zero-order chi connectivity index (χ0) is 34.8. The van der Waals surface area contributed by atoms with Crippen molar-refractivity contribution in [1.82, 2.24) is 0 Å². The molecule has 1 unspecified atom stereocenters. The van der Waals surface area contributed by atoms with E-state index in [-0.39, 0.29) is 5.41 Å². The minimum atomic E-state index is -0.0238. The van der Waals surface area contributed by atoms with Gasteiger partial charge in [0.05, 0.1) is 5.70 Å². The van der Waals surface area contributed by atoms with Crippen molar-refractivity contribution in [3.8, 4) is 22.3 Å². The van der Waals surface area contributed by atoms with E-state index >= 15 is 0 Å². The van der Waals surface area contributed by atoms with Gasteiger partial charge in [-0.1, -0.05) is 129 Å². The van der Waals surface area contributed by atoms with Crippen LogP contribution in [-0.2, 0) is 11.8 Å². The second-order valence-corrected chi connectivity index (χ2v) is 15.1. The quantitative estimate of drug-likeness (QED) is 0.179. The molecule has 0 saturated heterocycles. The summed E-state index contributed by atoms with van der Waals surface area (Å²) in [5.74, 6) is 1.17. The highest BCUT2D eigenvalue weighted by Crippen LogP contribution is 2.56. The fourth-order valence-electron chi connectivity index (χ4n) is 9.09. The minimum Gasteiger partial charge on any atom is -0.456 e. The van der Waals surface area contributed by atoms with Gasteiger partial charge in [0.1, 0.15) is 11.2 Å². The average molecular weight is 673 g/mol. The first-order chi connectivity index (χ1) is 25.5. The fraction of sp³-hybridized carbons (Fsp3) is 0.184. The zero-order valence-electron chi connectivity index (χ0n) is 29.7. The monoisotopic (exact) mass is 672 g/mol. The molecule has 10 rings (SSSR count). The van der Waals surface area contributed by atoms with E-state index in [1.165, 1.54) is 50.2 Å². The van der Waals surface area contributed by atoms with Crippen LogP contribution in [0.15, 0.2) is 154 Å². The summed E-state index contributed by atoms with van der Waals surface area (Å²) in [5, 5.41) is 2.21. The lowest BCUT2D eigenvalue weighted by Crippen LogP contribution is -2.17. The third kappa shape index (κ3) is 5.02. The summed E-state index contributed by atoms with van der Waals surface area (Å²) in [6.45, 7) is 4.76. The van der Waals surface area contributed by atoms with Gasteiger partial charge in [0.15, 0.2) is 5.84 Å². The van der Waals surface area contributed by atoms with Crippen molar-refractivity contribution >= 4 is 39.2 Å². The summed E-state index contributed by atoms with van der Waals surface area (Å²) in [4.78, 5) is 10.7. The van der Waals surface area contributed by atoms with E-state index < -0.39 is 0 Å². The summed E-state index contributed by atoms with van der Waals surface area (Å²) in [6.07, 6.45) is 7.13. The number of allylic oxidation sites excluding steroid dienone is 1. The molecule has 6 aromatic carbocycles. The Morgan fingerprint density at radius 1 is 0.654 bits per heavy atom. The molecule has 0 fully saturated rings. The van der Waals surface area contributed by atoms with Gasteiger partial charge in [-0.05, 0) is 112 Å². The number of nitrogens with zero attached hydrogens (tertiary/aromatic N) is 2. The van der Waals surface area contributed by atoms with Crippen LogP contribution in [0.4, 0.5) is 0 Å². The van der Waals surface area contributed by atoms with Gasteiger partial charge in [-0.3, -0.25) is 0 Å². The maximum absolute atomic E-state index is 6.18. The molecule has 0 saturated carbocycles. The van der Waals surface area contributed by atoms with Crippen LogP contribution in [0.5, 0.6) is 0 Å². The van der Waals surface area contributed by atoms with Crippen LogP contribution in [0.3, 0.4) is 0 Å². The normalized spacial score (nSPS) is 20.3. The van der Waals surface area contributed by atoms with Crippen molar-refractivity contribution < 1.29 is 4.42 Å². The summed E-state index contributed by atoms with van der Waals surface area (Å²) in [6, 6.07) is 48.2. The Bertz CT molecular complexity index is 2630. The van der Waals surface area contributed by atoms with Crippen LogP contribution >= 0.6 is 0 Å². The number of hydrogen-bond acceptors (Lipinski definition) is 3. The van der Waals surface area contributed by atoms with Crippen molar-refractivity contribution in [3.05, 3.63) is 173 Å². The van der Waals surface area contributed by atoms with Crippen molar-refractivity contribution in [1.29, 1.82) is 0 Å². The van der Waals surface area contributed by atoms with Crippen molar-refractivity contribution in [2.45, 2.75) is 57.3 Å². The van der Waals surface area contributed by atoms with E-state index in [9.17, 15) is 0 Å². The maximum atomic E-state index is 6.18. The number of furan rings is 1. The van der Waals surface area contributed by atoms with E-state index in [0.29, 0.717) is 5.92 Å². The summed E-state index contributed by atoms with van der Waals surface area (Å²) in [5.41, 5.74) is 17.6. The molecule has 2 aliphatic carbocycles. The molecule has 1 aromatic heterocycles. The van der Waals surface area contributed by atoms with Crippen LogP contribution in [0.25, 0.3) is 49.9 Å². The Balaban J connectivity index is 1.04. The molecule has 0 radical (unpaired) electrons. The number of rotatable bonds is 5. The van der Waals surface area contributed by atoms with E-state index in [2.05, 4.69) is 141 Å². The predicted octanol–water partition coefficient (Wildman–Crippen LogP) is 12.7. The first kappa shape index (κ1) is 31.0. The van der Waals surface area contributed by atoms with Gasteiger partial charge in [0, 0.05) is 27.5 Å². The first-order valence-corrected chi connectivity index (χ1v) is 18.7. The minimum absolute atomic E-state index is 0.0238. The number of para-hydroxylation sites is 1. The molecular formula is C49H40N2O. The van der Waals surface area contributed by atoms with Gasteiger partial charge in [-0.15, -0.1) is 0 Å². The summed E-state index contributed by atoms with van der Waals surface area (Å²) in [7, 11) is 0. The molecule has 52 heavy (non-hydrogen) atoms. The second-order valence-electron chi connectivity index (χ2n) is 15.1. The van der Waals surface area contributed by atoms with Gasteiger partial charge in [-0.25, -0.2) is 9.98 Å². The number of benzene rings is 6. The molecule has 3 heteroatoms. The standard InChI is InChI=1S/C49H40N2O/c1-49(2)41-20-10-8-19-39(41)47-42(49)27-26-37-33(29-32-15-6-7-17-36(32)46(37)47)23-25-35-16-12-21-43(31-13-4-3-5-14-31)51-48(50-35)34-24-28-45-40(30-34)38-18-9-11-22-44(38)52-45/h3-11,13-15,17-22,24,26-28,30,33H,12,16,23,25,29H2,1-2H3/b43-21-,50-35+,51-48-. The Morgan fingerprint density at radius 2 is 1.42 bits per heavy atom. The average Bonchev–Trinajstić information content (AvgIpc) is 3.66. The number of aliphatic imine (C=N–C) groups is 2. The second kappa shape index (κ2) is 12.2. The Kier molecular flexibility index (Phi) is 7.25. The molecule has 3 aliphatic rings. The van der Waals surface area contributed by atoms with Crippen LogP contribution in [0, 0.1) is 0 Å². The van der Waals surface area contributed by atoms with Gasteiger partial charge < -0.3 is 4.42 Å². The molecule has 1 aliphatic heterocycles. The van der Waals surface area contributed by atoms with Crippen LogP contribution in [-0.4, -0.2) is 11.5 Å². The van der Waals surface area contributed by atoms with E-state index in [1.807, 2.05) is 12.1 Å². The largest absolute Gasteiger partial charge is 0.456 e. The molecule has 0 spiro atoms. The molecule has 0 N–H and O–H groups in total. The summed E-state index contributed by atoms with van der Waals surface area (Å²) < 4.78 is 6.18. The van der Waals surface area contributed by atoms with Gasteiger partial charge in [-0.2, -0.15) is 0 Å². The maximum Gasteiger partial charge on any atom is 0.159 e. The topological polar surface area (TPSA) is 37.9 Å². The third-order valence-electron chi connectivity index (χ3n) is 11.7. The fourth-order valence-corrected chi connectivity index (χ4v) is 9.09. The van der Waals surface area contributed by atoms with Crippen LogP contribution in [0.1, 0.15) is 78.8 Å². The van der Waals surface area contributed by atoms with Crippen molar-refractivity contribution in [2.75, 3.05) is 0 Å². The van der Waals surface area contributed by atoms with Crippen LogP contribution < -0.4 is 0 Å². The highest BCUT2D eigenvalue weighted by Gasteiger charge is 2.39. The zero-order valence-corrected chi connectivity index (χ0v) is 29.7. The lowest BCUT2D eigenvalue weighted by atomic mass is 9.73. The number of fused-ring (bicyclic) bond motifs is 10. The first-order valence-electron chi connectivity index (χ1n) is 18.7. The Hall–Kier alpha value is -5.80. The third-order valence-corrected chi connectivity index (χ3v) is 11.7. The van der Waals surface area contributed by atoms with E-state index in [4.69, 9.17) is 14.4 Å². The lowest BCUT2D eigenvalue weighted by molar-refractivity contribution is 0.627. The van der Waals surface area contributed by atoms with E-state index in [1.54, 1.807) is 0 Å². The Labute approximate surface area is 305 Å². The van der Waals surface area contributed by atoms with Crippen molar-refractivity contribution in [3.63, 3.8) is 0 Å². The van der Waals surface area contributed by atoms with Gasteiger partial charge >= 0.3 is 0 Å². The van der Waals surface area contributed by atoms with Gasteiger partial charge in [0.2, 0.25) is 0 Å². The lowest BCUT2D eigenvalue weighted by Gasteiger charge is -2.31. The van der Waals surface area contributed by atoms with Crippen LogP contribution in [0.2, 0.25) is 0 Å². The molecule has 2 heterocycles.